The van der Waals surface area contributed by atoms with Gasteiger partial charge in [0, 0.05) is 6.54 Å². The van der Waals surface area contributed by atoms with Crippen molar-refractivity contribution < 1.29 is 18.7 Å². The lowest BCUT2D eigenvalue weighted by Crippen LogP contribution is -2.15. The molecule has 0 aliphatic heterocycles. The van der Waals surface area contributed by atoms with Gasteiger partial charge in [0.15, 0.2) is 0 Å². The third-order valence-corrected chi connectivity index (χ3v) is 3.88. The van der Waals surface area contributed by atoms with E-state index in [1.165, 1.54) is 18.2 Å². The molecule has 2 aromatic carbocycles. The molecule has 0 bridgehead atoms. The monoisotopic (exact) mass is 381 g/mol. The van der Waals surface area contributed by atoms with Crippen LogP contribution in [0, 0.1) is 5.82 Å². The quantitative estimate of drug-likeness (QED) is 0.578. The Bertz CT molecular complexity index is 915. The first-order chi connectivity index (χ1) is 13.7. The van der Waals surface area contributed by atoms with E-state index >= 15 is 0 Å². The van der Waals surface area contributed by atoms with E-state index in [9.17, 15) is 9.18 Å². The van der Waals surface area contributed by atoms with Crippen LogP contribution in [0.3, 0.4) is 0 Å². The molecule has 2 N–H and O–H groups in total. The summed E-state index contributed by atoms with van der Waals surface area (Å²) < 4.78 is 24.4. The minimum Gasteiger partial charge on any atom is -0.497 e. The average molecular weight is 381 g/mol. The van der Waals surface area contributed by atoms with Crippen molar-refractivity contribution in [1.29, 1.82) is 0 Å². The molecule has 0 fully saturated rings. The van der Waals surface area contributed by atoms with Crippen LogP contribution < -0.4 is 20.1 Å². The van der Waals surface area contributed by atoms with Gasteiger partial charge in [-0.1, -0.05) is 12.1 Å². The maximum absolute atomic E-state index is 13.6. The van der Waals surface area contributed by atoms with E-state index in [-0.39, 0.29) is 5.56 Å². The maximum atomic E-state index is 13.6. The Morgan fingerprint density at radius 2 is 1.79 bits per heavy atom. The van der Waals surface area contributed by atoms with E-state index in [4.69, 9.17) is 9.47 Å². The molecular formula is C21H20FN3O3. The maximum Gasteiger partial charge on any atom is 0.259 e. The van der Waals surface area contributed by atoms with Gasteiger partial charge in [-0.3, -0.25) is 4.79 Å². The van der Waals surface area contributed by atoms with E-state index in [2.05, 4.69) is 15.6 Å². The van der Waals surface area contributed by atoms with Gasteiger partial charge in [0.25, 0.3) is 5.91 Å². The molecule has 1 amide bonds. The molecule has 0 atom stereocenters. The molecule has 1 aromatic heterocycles. The van der Waals surface area contributed by atoms with Gasteiger partial charge in [0.2, 0.25) is 0 Å². The number of ether oxygens (including phenoxy) is 2. The number of pyridine rings is 1. The van der Waals surface area contributed by atoms with E-state index < -0.39 is 11.7 Å². The fourth-order valence-electron chi connectivity index (χ4n) is 2.44. The minimum atomic E-state index is -0.574. The second-order valence-corrected chi connectivity index (χ2v) is 5.82. The molecule has 3 aromatic rings. The lowest BCUT2D eigenvalue weighted by atomic mass is 10.2. The molecule has 0 unspecified atom stereocenters. The number of amides is 1. The number of anilines is 2. The average Bonchev–Trinajstić information content (AvgIpc) is 2.73. The van der Waals surface area contributed by atoms with Gasteiger partial charge >= 0.3 is 0 Å². The third-order valence-electron chi connectivity index (χ3n) is 3.88. The van der Waals surface area contributed by atoms with Crippen LogP contribution in [0.4, 0.5) is 15.9 Å². The summed E-state index contributed by atoms with van der Waals surface area (Å²) in [7, 11) is 1.62. The molecular weight excluding hydrogens is 361 g/mol. The molecule has 1 heterocycles. The second kappa shape index (κ2) is 9.36. The highest BCUT2D eigenvalue weighted by molar-refractivity contribution is 6.03. The van der Waals surface area contributed by atoms with Crippen LogP contribution in [0.5, 0.6) is 11.5 Å². The summed E-state index contributed by atoms with van der Waals surface area (Å²) in [6.45, 7) is 1.05. The van der Waals surface area contributed by atoms with Crippen LogP contribution in [0.2, 0.25) is 0 Å². The molecule has 3 rings (SSSR count). The van der Waals surface area contributed by atoms with Gasteiger partial charge in [0.1, 0.15) is 29.7 Å². The van der Waals surface area contributed by atoms with Crippen molar-refractivity contribution in [3.63, 3.8) is 0 Å². The van der Waals surface area contributed by atoms with Crippen molar-refractivity contribution in [2.75, 3.05) is 30.9 Å². The van der Waals surface area contributed by atoms with Crippen molar-refractivity contribution in [3.05, 3.63) is 78.2 Å². The van der Waals surface area contributed by atoms with Crippen LogP contribution in [-0.2, 0) is 0 Å². The van der Waals surface area contributed by atoms with Crippen LogP contribution in [0.15, 0.2) is 66.9 Å². The fraction of sp³-hybridized carbons (Fsp3) is 0.143. The number of hydrogen-bond donors (Lipinski definition) is 2. The SMILES string of the molecule is COc1ccc(OCCNc2ccc(NC(=O)c3ccccc3F)nc2)cc1. The predicted octanol–water partition coefficient (Wildman–Crippen LogP) is 3.97. The first-order valence-corrected chi connectivity index (χ1v) is 8.68. The summed E-state index contributed by atoms with van der Waals surface area (Å²) in [5.41, 5.74) is 0.754. The van der Waals surface area contributed by atoms with Crippen LogP contribution in [-0.4, -0.2) is 31.2 Å². The highest BCUT2D eigenvalue weighted by Crippen LogP contribution is 2.17. The van der Waals surface area contributed by atoms with Crippen LogP contribution in [0.1, 0.15) is 10.4 Å². The van der Waals surface area contributed by atoms with Crippen LogP contribution >= 0.6 is 0 Å². The summed E-state index contributed by atoms with van der Waals surface area (Å²) in [6, 6.07) is 16.6. The Morgan fingerprint density at radius 3 is 2.46 bits per heavy atom. The Kier molecular flexibility index (Phi) is 6.41. The number of nitrogens with one attached hydrogen (secondary N) is 2. The van der Waals surface area contributed by atoms with Gasteiger partial charge in [-0.05, 0) is 48.5 Å². The largest absolute Gasteiger partial charge is 0.497 e. The summed E-state index contributed by atoms with van der Waals surface area (Å²) >= 11 is 0. The van der Waals surface area contributed by atoms with Gasteiger partial charge in [0.05, 0.1) is 24.6 Å². The normalized spacial score (nSPS) is 10.2. The Balaban J connectivity index is 1.45. The van der Waals surface area contributed by atoms with Gasteiger partial charge in [-0.15, -0.1) is 0 Å². The lowest BCUT2D eigenvalue weighted by molar-refractivity contribution is 0.102. The zero-order valence-corrected chi connectivity index (χ0v) is 15.3. The summed E-state index contributed by atoms with van der Waals surface area (Å²) in [5, 5.41) is 5.75. The molecule has 0 saturated heterocycles. The first kappa shape index (κ1) is 19.2. The molecule has 0 spiro atoms. The first-order valence-electron chi connectivity index (χ1n) is 8.68. The molecule has 0 saturated carbocycles. The number of carbonyl (C=O) groups excluding carboxylic acids is 1. The highest BCUT2D eigenvalue weighted by Gasteiger charge is 2.11. The van der Waals surface area contributed by atoms with Crippen molar-refractivity contribution in [2.45, 2.75) is 0 Å². The summed E-state index contributed by atoms with van der Waals surface area (Å²) in [4.78, 5) is 16.2. The van der Waals surface area contributed by atoms with E-state index in [0.29, 0.717) is 19.0 Å². The van der Waals surface area contributed by atoms with E-state index in [0.717, 1.165) is 17.2 Å². The van der Waals surface area contributed by atoms with Gasteiger partial charge in [-0.25, -0.2) is 9.37 Å². The smallest absolute Gasteiger partial charge is 0.259 e. The van der Waals surface area contributed by atoms with Gasteiger partial charge in [-0.2, -0.15) is 0 Å². The number of rotatable bonds is 8. The number of benzene rings is 2. The van der Waals surface area contributed by atoms with Crippen molar-refractivity contribution in [2.24, 2.45) is 0 Å². The molecule has 6 nitrogen and oxygen atoms in total. The number of carbonyl (C=O) groups is 1. The fourth-order valence-corrected chi connectivity index (χ4v) is 2.44. The molecule has 144 valence electrons. The molecule has 0 aliphatic carbocycles. The summed E-state index contributed by atoms with van der Waals surface area (Å²) in [5.74, 6) is 0.758. The third kappa shape index (κ3) is 5.20. The molecule has 7 heteroatoms. The second-order valence-electron chi connectivity index (χ2n) is 5.82. The van der Waals surface area contributed by atoms with Crippen molar-refractivity contribution >= 4 is 17.4 Å². The van der Waals surface area contributed by atoms with Gasteiger partial charge < -0.3 is 20.1 Å². The predicted molar refractivity (Wildman–Crippen MR) is 106 cm³/mol. The number of aromatic nitrogens is 1. The zero-order chi connectivity index (χ0) is 19.8. The van der Waals surface area contributed by atoms with E-state index in [1.54, 1.807) is 31.5 Å². The van der Waals surface area contributed by atoms with Crippen LogP contribution in [0.25, 0.3) is 0 Å². The topological polar surface area (TPSA) is 72.5 Å². The molecule has 0 radical (unpaired) electrons. The number of halogens is 1. The van der Waals surface area contributed by atoms with Crippen molar-refractivity contribution in [1.82, 2.24) is 4.98 Å². The number of methoxy groups -OCH3 is 1. The Morgan fingerprint density at radius 1 is 1.04 bits per heavy atom. The summed E-state index contributed by atoms with van der Waals surface area (Å²) in [6.07, 6.45) is 1.59. The van der Waals surface area contributed by atoms with Crippen molar-refractivity contribution in [3.8, 4) is 11.5 Å². The lowest BCUT2D eigenvalue weighted by Gasteiger charge is -2.10. The number of nitrogens with zero attached hydrogens (tertiary/aromatic N) is 1. The standard InChI is InChI=1S/C21H20FN3O3/c1-27-16-7-9-17(10-8-16)28-13-12-23-15-6-11-20(24-14-15)25-21(26)18-4-2-3-5-19(18)22/h2-11,14,23H,12-13H2,1H3,(H,24,25,26). The minimum absolute atomic E-state index is 0.0258. The molecule has 28 heavy (non-hydrogen) atoms. The number of hydrogen-bond acceptors (Lipinski definition) is 5. The molecule has 0 aliphatic rings. The highest BCUT2D eigenvalue weighted by atomic mass is 19.1. The Labute approximate surface area is 162 Å². The van der Waals surface area contributed by atoms with E-state index in [1.807, 2.05) is 24.3 Å². The Hall–Kier alpha value is -3.61. The zero-order valence-electron chi connectivity index (χ0n) is 15.3.